The Bertz CT molecular complexity index is 801. The molecule has 0 amide bonds. The van der Waals surface area contributed by atoms with Gasteiger partial charge in [-0.2, -0.15) is 0 Å². The van der Waals surface area contributed by atoms with Crippen LogP contribution in [0, 0.1) is 46.3 Å². The van der Waals surface area contributed by atoms with E-state index in [1.165, 1.54) is 44.9 Å². The number of aliphatic carboxylic acids is 1. The van der Waals surface area contributed by atoms with Gasteiger partial charge in [0, 0.05) is 0 Å². The summed E-state index contributed by atoms with van der Waals surface area (Å²) in [5.74, 6) is 3.36. The van der Waals surface area contributed by atoms with E-state index >= 15 is 0 Å². The van der Waals surface area contributed by atoms with Crippen LogP contribution in [-0.4, -0.2) is 33.9 Å². The summed E-state index contributed by atoms with van der Waals surface area (Å²) in [7, 11) is 0. The van der Waals surface area contributed by atoms with Gasteiger partial charge in [-0.1, -0.05) is 33.6 Å². The van der Waals surface area contributed by atoms with Crippen molar-refractivity contribution >= 4 is 11.9 Å². The second-order valence-corrected chi connectivity index (χ2v) is 14.3. The number of esters is 1. The highest BCUT2D eigenvalue weighted by atomic mass is 16.5. The van der Waals surface area contributed by atoms with Gasteiger partial charge in [-0.25, -0.2) is 0 Å². The number of carbonyl (C=O) groups is 2. The SMILES string of the molecule is C[C@H](CCCC(C)(C)O)[C@H]1CC[C@H]2[C@@H]3CC[C@H]4C[C@@H](OC(=O)CCC(=O)O)CC[C@]4(C)[C@H]3CC[C@]12C. The zero-order valence-electron chi connectivity index (χ0n) is 23.6. The summed E-state index contributed by atoms with van der Waals surface area (Å²) in [5, 5.41) is 19.0. The minimum atomic E-state index is -0.941. The Morgan fingerprint density at radius 1 is 0.972 bits per heavy atom. The van der Waals surface area contributed by atoms with E-state index in [1.54, 1.807) is 0 Å². The van der Waals surface area contributed by atoms with Crippen LogP contribution in [-0.2, 0) is 14.3 Å². The second kappa shape index (κ2) is 10.6. The van der Waals surface area contributed by atoms with E-state index in [9.17, 15) is 14.7 Å². The number of carbonyl (C=O) groups excluding carboxylic acids is 1. The van der Waals surface area contributed by atoms with Gasteiger partial charge in [0.2, 0.25) is 0 Å². The van der Waals surface area contributed by atoms with E-state index < -0.39 is 11.6 Å². The molecule has 206 valence electrons. The maximum Gasteiger partial charge on any atom is 0.306 e. The molecule has 0 spiro atoms. The molecule has 2 N–H and O–H groups in total. The van der Waals surface area contributed by atoms with Gasteiger partial charge in [0.05, 0.1) is 18.4 Å². The van der Waals surface area contributed by atoms with Crippen LogP contribution in [0.4, 0.5) is 0 Å². The Balaban J connectivity index is 1.36. The Kier molecular flexibility index (Phi) is 8.20. The van der Waals surface area contributed by atoms with Gasteiger partial charge in [-0.05, 0) is 124 Å². The average Bonchev–Trinajstić information content (AvgIpc) is 3.14. The zero-order chi connectivity index (χ0) is 26.3. The van der Waals surface area contributed by atoms with Crippen molar-refractivity contribution in [1.82, 2.24) is 0 Å². The average molecular weight is 505 g/mol. The fourth-order valence-electron chi connectivity index (χ4n) is 9.81. The molecule has 0 bridgehead atoms. The van der Waals surface area contributed by atoms with Crippen molar-refractivity contribution in [1.29, 1.82) is 0 Å². The molecule has 0 aromatic rings. The molecular weight excluding hydrogens is 452 g/mol. The Hall–Kier alpha value is -1.10. The van der Waals surface area contributed by atoms with Gasteiger partial charge in [0.15, 0.2) is 0 Å². The predicted molar refractivity (Wildman–Crippen MR) is 141 cm³/mol. The molecule has 0 radical (unpaired) electrons. The molecule has 4 aliphatic carbocycles. The first kappa shape index (κ1) is 27.9. The number of carboxylic acids is 1. The van der Waals surface area contributed by atoms with Crippen LogP contribution < -0.4 is 0 Å². The molecule has 0 saturated heterocycles. The van der Waals surface area contributed by atoms with Gasteiger partial charge < -0.3 is 14.9 Å². The maximum absolute atomic E-state index is 12.1. The minimum Gasteiger partial charge on any atom is -0.481 e. The van der Waals surface area contributed by atoms with Crippen LogP contribution in [0.5, 0.6) is 0 Å². The van der Waals surface area contributed by atoms with Crippen LogP contribution in [0.15, 0.2) is 0 Å². The highest BCUT2D eigenvalue weighted by Crippen LogP contribution is 2.68. The molecule has 0 unspecified atom stereocenters. The van der Waals surface area contributed by atoms with Crippen molar-refractivity contribution in [3.05, 3.63) is 0 Å². The van der Waals surface area contributed by atoms with E-state index in [2.05, 4.69) is 20.8 Å². The largest absolute Gasteiger partial charge is 0.481 e. The van der Waals surface area contributed by atoms with Crippen LogP contribution in [0.1, 0.15) is 125 Å². The Morgan fingerprint density at radius 2 is 1.67 bits per heavy atom. The fraction of sp³-hybridized carbons (Fsp3) is 0.935. The van der Waals surface area contributed by atoms with Crippen molar-refractivity contribution in [3.63, 3.8) is 0 Å². The highest BCUT2D eigenvalue weighted by molar-refractivity contribution is 5.76. The molecule has 0 heterocycles. The number of hydrogen-bond donors (Lipinski definition) is 2. The quantitative estimate of drug-likeness (QED) is 0.330. The van der Waals surface area contributed by atoms with Gasteiger partial charge >= 0.3 is 11.9 Å². The van der Waals surface area contributed by atoms with Crippen molar-refractivity contribution in [2.45, 2.75) is 136 Å². The number of carboxylic acid groups (broad SMARTS) is 1. The Morgan fingerprint density at radius 3 is 2.36 bits per heavy atom. The van der Waals surface area contributed by atoms with Crippen molar-refractivity contribution < 1.29 is 24.5 Å². The molecule has 4 saturated carbocycles. The number of rotatable bonds is 9. The molecule has 0 aromatic carbocycles. The number of hydrogen-bond acceptors (Lipinski definition) is 4. The fourth-order valence-corrected chi connectivity index (χ4v) is 9.81. The lowest BCUT2D eigenvalue weighted by Crippen LogP contribution is -2.54. The van der Waals surface area contributed by atoms with E-state index in [-0.39, 0.29) is 24.9 Å². The lowest BCUT2D eigenvalue weighted by molar-refractivity contribution is -0.164. The zero-order valence-corrected chi connectivity index (χ0v) is 23.6. The van der Waals surface area contributed by atoms with Gasteiger partial charge in [0.1, 0.15) is 6.10 Å². The standard InChI is InChI=1S/C31H52O5/c1-20(7-6-16-29(2,3)35)24-10-11-25-23-9-8-21-19-22(36-28(34)13-12-27(32)33)14-17-30(21,4)26(23)15-18-31(24,25)5/h20-26,35H,6-19H2,1-5H3,(H,32,33)/t20-,21+,22+,23+,24-,25+,26+,30+,31-/m1/s1. The monoisotopic (exact) mass is 504 g/mol. The summed E-state index contributed by atoms with van der Waals surface area (Å²) in [6.45, 7) is 11.5. The molecule has 36 heavy (non-hydrogen) atoms. The molecule has 4 rings (SSSR count). The van der Waals surface area contributed by atoms with Crippen LogP contribution in [0.25, 0.3) is 0 Å². The summed E-state index contributed by atoms with van der Waals surface area (Å²) >= 11 is 0. The second-order valence-electron chi connectivity index (χ2n) is 14.3. The van der Waals surface area contributed by atoms with E-state index in [0.717, 1.165) is 61.7 Å². The molecule has 9 atom stereocenters. The summed E-state index contributed by atoms with van der Waals surface area (Å²) in [4.78, 5) is 22.9. The first-order valence-corrected chi connectivity index (χ1v) is 15.0. The van der Waals surface area contributed by atoms with Gasteiger partial charge in [-0.3, -0.25) is 9.59 Å². The summed E-state index contributed by atoms with van der Waals surface area (Å²) in [5.41, 5.74) is 0.268. The number of ether oxygens (including phenoxy) is 1. The predicted octanol–water partition coefficient (Wildman–Crippen LogP) is 7.00. The molecule has 0 aliphatic heterocycles. The highest BCUT2D eigenvalue weighted by Gasteiger charge is 2.60. The van der Waals surface area contributed by atoms with Crippen molar-refractivity contribution in [3.8, 4) is 0 Å². The van der Waals surface area contributed by atoms with Crippen molar-refractivity contribution in [2.24, 2.45) is 46.3 Å². The number of fused-ring (bicyclic) bond motifs is 5. The van der Waals surface area contributed by atoms with Crippen molar-refractivity contribution in [2.75, 3.05) is 0 Å². The number of aliphatic hydroxyl groups is 1. The van der Waals surface area contributed by atoms with E-state index in [0.29, 0.717) is 16.7 Å². The third-order valence-electron chi connectivity index (χ3n) is 11.7. The molecule has 5 heteroatoms. The molecule has 4 fully saturated rings. The van der Waals surface area contributed by atoms with Crippen LogP contribution in [0.3, 0.4) is 0 Å². The molecular formula is C31H52O5. The molecule has 4 aliphatic rings. The van der Waals surface area contributed by atoms with E-state index in [4.69, 9.17) is 9.84 Å². The third kappa shape index (κ3) is 5.66. The smallest absolute Gasteiger partial charge is 0.306 e. The van der Waals surface area contributed by atoms with Gasteiger partial charge in [-0.15, -0.1) is 0 Å². The van der Waals surface area contributed by atoms with Gasteiger partial charge in [0.25, 0.3) is 0 Å². The normalized spacial score (nSPS) is 41.1. The topological polar surface area (TPSA) is 83.8 Å². The van der Waals surface area contributed by atoms with E-state index in [1.807, 2.05) is 13.8 Å². The molecule has 5 nitrogen and oxygen atoms in total. The first-order valence-electron chi connectivity index (χ1n) is 15.0. The summed E-state index contributed by atoms with van der Waals surface area (Å²) in [6, 6.07) is 0. The van der Waals surface area contributed by atoms with Crippen LogP contribution in [0.2, 0.25) is 0 Å². The Labute approximate surface area is 219 Å². The lowest BCUT2D eigenvalue weighted by atomic mass is 9.44. The van der Waals surface area contributed by atoms with Crippen LogP contribution >= 0.6 is 0 Å². The first-order chi connectivity index (χ1) is 16.8. The lowest BCUT2D eigenvalue weighted by Gasteiger charge is -2.61. The minimum absolute atomic E-state index is 0.0178. The maximum atomic E-state index is 12.1. The third-order valence-corrected chi connectivity index (χ3v) is 11.7. The summed E-state index contributed by atoms with van der Waals surface area (Å²) in [6.07, 6.45) is 14.1. The molecule has 0 aromatic heterocycles. The summed E-state index contributed by atoms with van der Waals surface area (Å²) < 4.78 is 5.73.